The number of aryl methyl sites for hydroxylation is 1. The van der Waals surface area contributed by atoms with Gasteiger partial charge >= 0.3 is 5.97 Å². The first-order chi connectivity index (χ1) is 11.1. The van der Waals surface area contributed by atoms with E-state index in [9.17, 15) is 4.79 Å². The van der Waals surface area contributed by atoms with E-state index in [1.807, 2.05) is 31.2 Å². The highest BCUT2D eigenvalue weighted by Gasteiger charge is 2.17. The molecule has 0 radical (unpaired) electrons. The molecule has 0 aliphatic carbocycles. The molecule has 0 saturated carbocycles. The van der Waals surface area contributed by atoms with Gasteiger partial charge < -0.3 is 4.74 Å². The molecular weight excluding hydrogens is 314 g/mol. The summed E-state index contributed by atoms with van der Waals surface area (Å²) in [6, 6.07) is 11.1. The van der Waals surface area contributed by atoms with Gasteiger partial charge in [0, 0.05) is 16.3 Å². The molecule has 0 aliphatic rings. The van der Waals surface area contributed by atoms with Gasteiger partial charge in [-0.3, -0.25) is 9.36 Å². The summed E-state index contributed by atoms with van der Waals surface area (Å²) >= 11 is 5.95. The van der Waals surface area contributed by atoms with Gasteiger partial charge in [-0.2, -0.15) is 0 Å². The van der Waals surface area contributed by atoms with Crippen LogP contribution in [0.5, 0.6) is 0 Å². The molecule has 0 atom stereocenters. The maximum absolute atomic E-state index is 12.0. The third-order valence-corrected chi connectivity index (χ3v) is 3.68. The number of carbonyl (C=O) groups excluding carboxylic acids is 1. The fourth-order valence-corrected chi connectivity index (χ4v) is 2.53. The Balaban J connectivity index is 2.15. The van der Waals surface area contributed by atoms with E-state index >= 15 is 0 Å². The molecular formula is C17H16ClN3O2. The van der Waals surface area contributed by atoms with Gasteiger partial charge in [0.25, 0.3) is 0 Å². The summed E-state index contributed by atoms with van der Waals surface area (Å²) in [5, 5.41) is 0.649. The van der Waals surface area contributed by atoms with Crippen molar-refractivity contribution in [1.82, 2.24) is 14.5 Å². The van der Waals surface area contributed by atoms with Crippen LogP contribution in [-0.2, 0) is 16.1 Å². The molecule has 0 fully saturated rings. The molecule has 0 N–H and O–H groups in total. The van der Waals surface area contributed by atoms with Crippen molar-refractivity contribution in [3.05, 3.63) is 47.1 Å². The lowest BCUT2D eigenvalue weighted by molar-refractivity contribution is -0.143. The SMILES string of the molecule is CCOC(=O)Cn1c(-c2ccc(Cl)cc2)nc2ccc(C)nc21. The third-order valence-electron chi connectivity index (χ3n) is 3.43. The summed E-state index contributed by atoms with van der Waals surface area (Å²) in [7, 11) is 0. The molecule has 0 aliphatic heterocycles. The maximum Gasteiger partial charge on any atom is 0.326 e. The zero-order valence-electron chi connectivity index (χ0n) is 12.9. The lowest BCUT2D eigenvalue weighted by atomic mass is 10.2. The highest BCUT2D eigenvalue weighted by atomic mass is 35.5. The van der Waals surface area contributed by atoms with Crippen molar-refractivity contribution in [2.45, 2.75) is 20.4 Å². The number of hydrogen-bond donors (Lipinski definition) is 0. The second-order valence-corrected chi connectivity index (χ2v) is 5.57. The number of esters is 1. The molecule has 0 bridgehead atoms. The Kier molecular flexibility index (Phi) is 4.30. The zero-order valence-corrected chi connectivity index (χ0v) is 13.7. The van der Waals surface area contributed by atoms with E-state index in [1.165, 1.54) is 0 Å². The summed E-state index contributed by atoms with van der Waals surface area (Å²) in [5.74, 6) is 0.355. The second kappa shape index (κ2) is 6.38. The van der Waals surface area contributed by atoms with E-state index in [4.69, 9.17) is 16.3 Å². The number of pyridine rings is 1. The Morgan fingerprint density at radius 1 is 1.17 bits per heavy atom. The van der Waals surface area contributed by atoms with Gasteiger partial charge in [0.2, 0.25) is 0 Å². The molecule has 5 nitrogen and oxygen atoms in total. The Morgan fingerprint density at radius 3 is 2.61 bits per heavy atom. The van der Waals surface area contributed by atoms with E-state index in [1.54, 1.807) is 23.6 Å². The Bertz CT molecular complexity index is 856. The summed E-state index contributed by atoms with van der Waals surface area (Å²) < 4.78 is 6.85. The second-order valence-electron chi connectivity index (χ2n) is 5.13. The Labute approximate surface area is 138 Å². The third kappa shape index (κ3) is 3.19. The van der Waals surface area contributed by atoms with Crippen LogP contribution in [0.15, 0.2) is 36.4 Å². The average molecular weight is 330 g/mol. The van der Waals surface area contributed by atoms with E-state index in [-0.39, 0.29) is 12.5 Å². The van der Waals surface area contributed by atoms with Gasteiger partial charge in [0.1, 0.15) is 17.9 Å². The quantitative estimate of drug-likeness (QED) is 0.686. The van der Waals surface area contributed by atoms with Crippen molar-refractivity contribution >= 4 is 28.7 Å². The molecule has 0 spiro atoms. The van der Waals surface area contributed by atoms with Crippen LogP contribution in [0.25, 0.3) is 22.6 Å². The largest absolute Gasteiger partial charge is 0.465 e. The number of halogens is 1. The van der Waals surface area contributed by atoms with Crippen LogP contribution in [0, 0.1) is 6.92 Å². The van der Waals surface area contributed by atoms with Crippen molar-refractivity contribution in [2.24, 2.45) is 0 Å². The van der Waals surface area contributed by atoms with Crippen LogP contribution in [-0.4, -0.2) is 27.1 Å². The average Bonchev–Trinajstić information content (AvgIpc) is 2.86. The molecule has 2 heterocycles. The summed E-state index contributed by atoms with van der Waals surface area (Å²) in [6.07, 6.45) is 0. The Morgan fingerprint density at radius 2 is 1.91 bits per heavy atom. The number of carbonyl (C=O) groups is 1. The van der Waals surface area contributed by atoms with E-state index < -0.39 is 0 Å². The van der Waals surface area contributed by atoms with Gasteiger partial charge in [-0.15, -0.1) is 0 Å². The van der Waals surface area contributed by atoms with Gasteiger partial charge in [-0.25, -0.2) is 9.97 Å². The number of aromatic nitrogens is 3. The van der Waals surface area contributed by atoms with E-state index in [0.29, 0.717) is 23.1 Å². The van der Waals surface area contributed by atoms with Gasteiger partial charge in [-0.1, -0.05) is 11.6 Å². The zero-order chi connectivity index (χ0) is 16.4. The summed E-state index contributed by atoms with van der Waals surface area (Å²) in [6.45, 7) is 4.10. The van der Waals surface area contributed by atoms with Crippen molar-refractivity contribution in [3.8, 4) is 11.4 Å². The normalized spacial score (nSPS) is 10.9. The lowest BCUT2D eigenvalue weighted by Crippen LogP contribution is -2.14. The fraction of sp³-hybridized carbons (Fsp3) is 0.235. The van der Waals surface area contributed by atoms with Crippen LogP contribution >= 0.6 is 11.6 Å². The van der Waals surface area contributed by atoms with Crippen molar-refractivity contribution in [1.29, 1.82) is 0 Å². The van der Waals surface area contributed by atoms with Crippen LogP contribution in [0.2, 0.25) is 5.02 Å². The first-order valence-electron chi connectivity index (χ1n) is 7.34. The first-order valence-corrected chi connectivity index (χ1v) is 7.71. The molecule has 0 saturated heterocycles. The van der Waals surface area contributed by atoms with Crippen molar-refractivity contribution < 1.29 is 9.53 Å². The summed E-state index contributed by atoms with van der Waals surface area (Å²) in [4.78, 5) is 21.1. The number of imidazole rings is 1. The van der Waals surface area contributed by atoms with Crippen LogP contribution in [0.3, 0.4) is 0 Å². The van der Waals surface area contributed by atoms with E-state index in [0.717, 1.165) is 16.8 Å². The van der Waals surface area contributed by atoms with Crippen molar-refractivity contribution in [2.75, 3.05) is 6.61 Å². The molecule has 0 unspecified atom stereocenters. The molecule has 23 heavy (non-hydrogen) atoms. The molecule has 3 aromatic rings. The van der Waals surface area contributed by atoms with Crippen LogP contribution in [0.1, 0.15) is 12.6 Å². The van der Waals surface area contributed by atoms with Gasteiger partial charge in [0.15, 0.2) is 5.65 Å². The fourth-order valence-electron chi connectivity index (χ4n) is 2.40. The number of hydrogen-bond acceptors (Lipinski definition) is 4. The highest BCUT2D eigenvalue weighted by molar-refractivity contribution is 6.30. The maximum atomic E-state index is 12.0. The molecule has 6 heteroatoms. The minimum atomic E-state index is -0.315. The summed E-state index contributed by atoms with van der Waals surface area (Å²) in [5.41, 5.74) is 3.15. The number of rotatable bonds is 4. The number of nitrogens with zero attached hydrogens (tertiary/aromatic N) is 3. The molecule has 1 aromatic carbocycles. The van der Waals surface area contributed by atoms with Crippen LogP contribution < -0.4 is 0 Å². The topological polar surface area (TPSA) is 57.0 Å². The highest BCUT2D eigenvalue weighted by Crippen LogP contribution is 2.25. The standard InChI is InChI=1S/C17H16ClN3O2/c1-3-23-15(22)10-21-16(12-5-7-13(18)8-6-12)20-14-9-4-11(2)19-17(14)21/h4-9H,3,10H2,1-2H3. The van der Waals surface area contributed by atoms with Crippen molar-refractivity contribution in [3.63, 3.8) is 0 Å². The molecule has 3 rings (SSSR count). The first kappa shape index (κ1) is 15.5. The number of ether oxygens (including phenoxy) is 1. The number of fused-ring (bicyclic) bond motifs is 1. The van der Waals surface area contributed by atoms with E-state index in [2.05, 4.69) is 9.97 Å². The monoisotopic (exact) mass is 329 g/mol. The number of benzene rings is 1. The minimum Gasteiger partial charge on any atom is -0.465 e. The minimum absolute atomic E-state index is 0.0682. The van der Waals surface area contributed by atoms with Gasteiger partial charge in [-0.05, 0) is 50.2 Å². The van der Waals surface area contributed by atoms with Gasteiger partial charge in [0.05, 0.1) is 6.61 Å². The Hall–Kier alpha value is -2.40. The van der Waals surface area contributed by atoms with Crippen LogP contribution in [0.4, 0.5) is 0 Å². The molecule has 118 valence electrons. The smallest absolute Gasteiger partial charge is 0.326 e. The molecule has 2 aromatic heterocycles. The predicted molar refractivity (Wildman–Crippen MR) is 89.3 cm³/mol. The molecule has 0 amide bonds. The lowest BCUT2D eigenvalue weighted by Gasteiger charge is -2.08. The predicted octanol–water partition coefficient (Wildman–Crippen LogP) is 3.62.